The van der Waals surface area contributed by atoms with Crippen molar-refractivity contribution in [3.05, 3.63) is 84.8 Å². The molecule has 2 aliphatic rings. The van der Waals surface area contributed by atoms with Gasteiger partial charge in [0.15, 0.2) is 5.82 Å². The number of para-hydroxylation sites is 2. The molecule has 0 saturated carbocycles. The molecule has 4 heteroatoms. The van der Waals surface area contributed by atoms with E-state index in [1.54, 1.807) is 0 Å². The van der Waals surface area contributed by atoms with E-state index in [4.69, 9.17) is 4.98 Å². The van der Waals surface area contributed by atoms with Gasteiger partial charge >= 0.3 is 0 Å². The molecule has 2 aromatic heterocycles. The normalized spacial score (nSPS) is 16.9. The van der Waals surface area contributed by atoms with Crippen LogP contribution in [0.15, 0.2) is 79.3 Å². The molecule has 0 fully saturated rings. The maximum atomic E-state index is 4.93. The number of hydrogen-bond donors (Lipinski definition) is 0. The van der Waals surface area contributed by atoms with Crippen LogP contribution in [0, 0.1) is 0 Å². The van der Waals surface area contributed by atoms with Gasteiger partial charge in [0.1, 0.15) is 6.17 Å². The van der Waals surface area contributed by atoms with Crippen molar-refractivity contribution < 1.29 is 0 Å². The molecule has 4 heterocycles. The highest BCUT2D eigenvalue weighted by Gasteiger charge is 2.54. The van der Waals surface area contributed by atoms with Gasteiger partial charge in [-0.25, -0.2) is 4.98 Å². The van der Waals surface area contributed by atoms with E-state index in [9.17, 15) is 0 Å². The van der Waals surface area contributed by atoms with Gasteiger partial charge in [-0.1, -0.05) is 77.9 Å². The quantitative estimate of drug-likeness (QED) is 0.315. The van der Waals surface area contributed by atoms with E-state index in [-0.39, 0.29) is 11.6 Å². The van der Waals surface area contributed by atoms with Gasteiger partial charge in [0.05, 0.1) is 5.69 Å². The zero-order valence-corrected chi connectivity index (χ0v) is 19.9. The number of rotatable bonds is 1. The fourth-order valence-corrected chi connectivity index (χ4v) is 4.91. The average Bonchev–Trinajstić information content (AvgIpc) is 3.34. The van der Waals surface area contributed by atoms with Gasteiger partial charge in [0.2, 0.25) is 0 Å². The summed E-state index contributed by atoms with van der Waals surface area (Å²) in [6.45, 7) is 12.7. The first-order chi connectivity index (χ1) is 15.7. The van der Waals surface area contributed by atoms with Crippen LogP contribution in [-0.2, 0) is 5.41 Å². The van der Waals surface area contributed by atoms with Gasteiger partial charge in [0, 0.05) is 46.2 Å². The monoisotopic (exact) mass is 424 g/mol. The maximum absolute atomic E-state index is 4.93. The summed E-state index contributed by atoms with van der Waals surface area (Å²) in [6.07, 6.45) is 5.89. The minimum atomic E-state index is -0.0678. The topological polar surface area (TPSA) is 32.3 Å². The summed E-state index contributed by atoms with van der Waals surface area (Å²) in [4.78, 5) is 14.2. The lowest BCUT2D eigenvalue weighted by Crippen LogP contribution is -2.46. The van der Waals surface area contributed by atoms with Crippen molar-refractivity contribution in [2.75, 3.05) is 9.80 Å². The van der Waals surface area contributed by atoms with E-state index in [1.165, 1.54) is 16.9 Å². The molecule has 0 spiro atoms. The van der Waals surface area contributed by atoms with Crippen molar-refractivity contribution in [2.24, 2.45) is 0 Å². The van der Waals surface area contributed by atoms with Crippen LogP contribution in [0.2, 0.25) is 0 Å². The van der Waals surface area contributed by atoms with E-state index in [0.29, 0.717) is 0 Å². The number of fused-ring (bicyclic) bond motifs is 7. The molecule has 1 unspecified atom stereocenters. The standard InChI is InChI=1S/C24H20N4.2C2H6/c1-24(2)19-10-6-7-11-20(19)28-22-21(18-15-25-13-12-16(18)14-26-22)27(23(24)28)17-8-4-3-5-9-17;2*1-2/h3-15,23H,1-2H3;2*1-2H3. The molecule has 6 rings (SSSR count). The Morgan fingerprint density at radius 3 is 2.22 bits per heavy atom. The van der Waals surface area contributed by atoms with Gasteiger partial charge in [-0.2, -0.15) is 0 Å². The first kappa shape index (κ1) is 21.8. The third-order valence-electron chi connectivity index (χ3n) is 6.14. The number of benzene rings is 2. The Labute approximate surface area is 191 Å². The van der Waals surface area contributed by atoms with Crippen molar-refractivity contribution in [3.63, 3.8) is 0 Å². The van der Waals surface area contributed by atoms with E-state index >= 15 is 0 Å². The predicted octanol–water partition coefficient (Wildman–Crippen LogP) is 7.59. The molecule has 0 bridgehead atoms. The van der Waals surface area contributed by atoms with Gasteiger partial charge in [-0.05, 0) is 29.8 Å². The molecule has 1 atom stereocenters. The summed E-state index contributed by atoms with van der Waals surface area (Å²) in [5, 5.41) is 2.25. The lowest BCUT2D eigenvalue weighted by molar-refractivity contribution is 0.450. The van der Waals surface area contributed by atoms with E-state index in [1.807, 2.05) is 52.4 Å². The van der Waals surface area contributed by atoms with Crippen molar-refractivity contribution >= 4 is 33.7 Å². The van der Waals surface area contributed by atoms with Crippen LogP contribution in [0.4, 0.5) is 22.9 Å². The molecule has 0 saturated heterocycles. The Balaban J connectivity index is 0.000000582. The zero-order valence-electron chi connectivity index (χ0n) is 19.9. The van der Waals surface area contributed by atoms with Crippen molar-refractivity contribution in [1.29, 1.82) is 0 Å². The molecular formula is C28H32N4. The Kier molecular flexibility index (Phi) is 5.88. The Morgan fingerprint density at radius 1 is 0.781 bits per heavy atom. The van der Waals surface area contributed by atoms with E-state index < -0.39 is 0 Å². The fraction of sp³-hybridized carbons (Fsp3) is 0.286. The summed E-state index contributed by atoms with van der Waals surface area (Å²) in [5.41, 5.74) is 4.86. The zero-order chi connectivity index (χ0) is 22.9. The van der Waals surface area contributed by atoms with Crippen molar-refractivity contribution in [3.8, 4) is 0 Å². The summed E-state index contributed by atoms with van der Waals surface area (Å²) < 4.78 is 0. The van der Waals surface area contributed by atoms with Crippen LogP contribution < -0.4 is 9.80 Å². The average molecular weight is 425 g/mol. The smallest absolute Gasteiger partial charge is 0.159 e. The van der Waals surface area contributed by atoms with Gasteiger partial charge in [0.25, 0.3) is 0 Å². The molecule has 2 aliphatic heterocycles. The predicted molar refractivity (Wildman–Crippen MR) is 136 cm³/mol. The molecule has 4 nitrogen and oxygen atoms in total. The minimum absolute atomic E-state index is 0.0678. The summed E-state index contributed by atoms with van der Waals surface area (Å²) >= 11 is 0. The Morgan fingerprint density at radius 2 is 1.47 bits per heavy atom. The SMILES string of the molecule is CC.CC.CC1(C)c2ccccc2N2c3ncc4ccncc4c3N(c3ccccc3)C21. The van der Waals surface area contributed by atoms with Gasteiger partial charge in [-0.15, -0.1) is 0 Å². The van der Waals surface area contributed by atoms with Gasteiger partial charge in [-0.3, -0.25) is 4.98 Å². The van der Waals surface area contributed by atoms with E-state index in [0.717, 1.165) is 22.3 Å². The second-order valence-electron chi connectivity index (χ2n) is 8.08. The highest BCUT2D eigenvalue weighted by atomic mass is 15.5. The second kappa shape index (κ2) is 8.62. The number of pyridine rings is 2. The number of nitrogens with zero attached hydrogens (tertiary/aromatic N) is 4. The van der Waals surface area contributed by atoms with Gasteiger partial charge < -0.3 is 9.80 Å². The largest absolute Gasteiger partial charge is 0.315 e. The molecule has 0 radical (unpaired) electrons. The van der Waals surface area contributed by atoms with Crippen LogP contribution in [-0.4, -0.2) is 16.1 Å². The first-order valence-electron chi connectivity index (χ1n) is 11.6. The molecule has 164 valence electrons. The second-order valence-corrected chi connectivity index (χ2v) is 8.08. The summed E-state index contributed by atoms with van der Waals surface area (Å²) in [5.74, 6) is 1.01. The van der Waals surface area contributed by atoms with Crippen LogP contribution in [0.1, 0.15) is 47.1 Å². The van der Waals surface area contributed by atoms with Crippen molar-refractivity contribution in [2.45, 2.75) is 53.1 Å². The van der Waals surface area contributed by atoms with E-state index in [2.05, 4.69) is 83.2 Å². The molecule has 2 aromatic carbocycles. The Hall–Kier alpha value is -3.40. The molecular weight excluding hydrogens is 392 g/mol. The first-order valence-corrected chi connectivity index (χ1v) is 11.6. The van der Waals surface area contributed by atoms with Crippen LogP contribution in [0.5, 0.6) is 0 Å². The maximum Gasteiger partial charge on any atom is 0.159 e. The molecule has 4 aromatic rings. The number of aromatic nitrogens is 2. The van der Waals surface area contributed by atoms with Crippen LogP contribution in [0.25, 0.3) is 10.8 Å². The molecule has 0 N–H and O–H groups in total. The fourth-order valence-electron chi connectivity index (χ4n) is 4.91. The highest BCUT2D eigenvalue weighted by molar-refractivity contribution is 6.05. The summed E-state index contributed by atoms with van der Waals surface area (Å²) in [7, 11) is 0. The minimum Gasteiger partial charge on any atom is -0.315 e. The number of anilines is 4. The molecule has 32 heavy (non-hydrogen) atoms. The molecule has 0 amide bonds. The van der Waals surface area contributed by atoms with Crippen LogP contribution >= 0.6 is 0 Å². The highest BCUT2D eigenvalue weighted by Crippen LogP contribution is 2.59. The lowest BCUT2D eigenvalue weighted by Gasteiger charge is -2.36. The summed E-state index contributed by atoms with van der Waals surface area (Å²) in [6, 6.07) is 21.4. The lowest BCUT2D eigenvalue weighted by atomic mass is 9.83. The van der Waals surface area contributed by atoms with Crippen LogP contribution in [0.3, 0.4) is 0 Å². The number of hydrogen-bond acceptors (Lipinski definition) is 4. The van der Waals surface area contributed by atoms with Crippen molar-refractivity contribution in [1.82, 2.24) is 9.97 Å². The third-order valence-corrected chi connectivity index (χ3v) is 6.14. The molecule has 0 aliphatic carbocycles. The Bertz CT molecular complexity index is 1220. The third kappa shape index (κ3) is 3.05.